The van der Waals surface area contributed by atoms with Crippen molar-refractivity contribution < 1.29 is 13.2 Å². The third kappa shape index (κ3) is 2.95. The van der Waals surface area contributed by atoms with E-state index in [0.29, 0.717) is 12.2 Å². The second-order valence-electron chi connectivity index (χ2n) is 3.56. The van der Waals surface area contributed by atoms with E-state index in [-0.39, 0.29) is 12.1 Å². The van der Waals surface area contributed by atoms with Crippen molar-refractivity contribution in [3.8, 4) is 18.4 Å². The van der Waals surface area contributed by atoms with E-state index in [2.05, 4.69) is 5.92 Å². The largest absolute Gasteiger partial charge is 0.416 e. The van der Waals surface area contributed by atoms with E-state index in [0.717, 1.165) is 12.1 Å². The van der Waals surface area contributed by atoms with Gasteiger partial charge in [0.1, 0.15) is 6.07 Å². The molecule has 5 heteroatoms. The van der Waals surface area contributed by atoms with Gasteiger partial charge in [-0.3, -0.25) is 0 Å². The van der Waals surface area contributed by atoms with Gasteiger partial charge in [0.05, 0.1) is 23.4 Å². The average Bonchev–Trinajstić information content (AvgIpc) is 2.34. The molecule has 0 saturated carbocycles. The number of hydrogen-bond acceptors (Lipinski definition) is 2. The lowest BCUT2D eigenvalue weighted by Gasteiger charge is -2.22. The summed E-state index contributed by atoms with van der Waals surface area (Å²) in [6.45, 7) is 2.58. The number of anilines is 1. The number of nitrogens with zero attached hydrogens (tertiary/aromatic N) is 2. The van der Waals surface area contributed by atoms with Crippen LogP contribution in [0, 0.1) is 23.7 Å². The standard InChI is InChI=1S/C13H11F3N2/c1-3-7-18(4-2)12-6-5-11(13(14,15)16)8-10(12)9-17/h1,5-6,8H,4,7H2,2H3. The minimum Gasteiger partial charge on any atom is -0.360 e. The molecule has 0 saturated heterocycles. The highest BCUT2D eigenvalue weighted by atomic mass is 19.4. The quantitative estimate of drug-likeness (QED) is 0.773. The summed E-state index contributed by atoms with van der Waals surface area (Å²) in [4.78, 5) is 1.67. The third-order valence-corrected chi connectivity index (χ3v) is 2.45. The second-order valence-corrected chi connectivity index (χ2v) is 3.56. The predicted octanol–water partition coefficient (Wildman–Crippen LogP) is 3.04. The van der Waals surface area contributed by atoms with Gasteiger partial charge in [0, 0.05) is 6.54 Å². The topological polar surface area (TPSA) is 27.0 Å². The second kappa shape index (κ2) is 5.46. The van der Waals surface area contributed by atoms with Gasteiger partial charge in [0.15, 0.2) is 0 Å². The Balaban J connectivity index is 3.25. The number of rotatable bonds is 3. The molecule has 1 aromatic rings. The van der Waals surface area contributed by atoms with Crippen LogP contribution >= 0.6 is 0 Å². The molecule has 0 aliphatic rings. The molecule has 0 bridgehead atoms. The van der Waals surface area contributed by atoms with Crippen LogP contribution in [-0.4, -0.2) is 13.1 Å². The highest BCUT2D eigenvalue weighted by Crippen LogP contribution is 2.32. The van der Waals surface area contributed by atoms with E-state index in [4.69, 9.17) is 11.7 Å². The fraction of sp³-hybridized carbons (Fsp3) is 0.308. The van der Waals surface area contributed by atoms with Crippen LogP contribution < -0.4 is 4.90 Å². The summed E-state index contributed by atoms with van der Waals surface area (Å²) >= 11 is 0. The Morgan fingerprint density at radius 1 is 1.39 bits per heavy atom. The minimum absolute atomic E-state index is 0.0260. The van der Waals surface area contributed by atoms with Gasteiger partial charge in [-0.05, 0) is 25.1 Å². The van der Waals surface area contributed by atoms with Crippen molar-refractivity contribution in [2.45, 2.75) is 13.1 Å². The van der Waals surface area contributed by atoms with E-state index >= 15 is 0 Å². The highest BCUT2D eigenvalue weighted by Gasteiger charge is 2.31. The molecule has 0 spiro atoms. The Bertz CT molecular complexity index is 506. The lowest BCUT2D eigenvalue weighted by molar-refractivity contribution is -0.137. The number of benzene rings is 1. The van der Waals surface area contributed by atoms with Crippen molar-refractivity contribution in [3.63, 3.8) is 0 Å². The molecule has 2 nitrogen and oxygen atoms in total. The van der Waals surface area contributed by atoms with Crippen molar-refractivity contribution in [1.29, 1.82) is 5.26 Å². The fourth-order valence-electron chi connectivity index (χ4n) is 1.56. The molecule has 1 aromatic carbocycles. The van der Waals surface area contributed by atoms with E-state index < -0.39 is 11.7 Å². The first-order valence-corrected chi connectivity index (χ1v) is 5.23. The Kier molecular flexibility index (Phi) is 4.23. The summed E-state index contributed by atoms with van der Waals surface area (Å²) in [6.07, 6.45) is 0.727. The molecular formula is C13H11F3N2. The molecule has 18 heavy (non-hydrogen) atoms. The predicted molar refractivity (Wildman–Crippen MR) is 62.9 cm³/mol. The van der Waals surface area contributed by atoms with E-state index in [9.17, 15) is 13.2 Å². The van der Waals surface area contributed by atoms with Crippen LogP contribution in [0.1, 0.15) is 18.1 Å². The Labute approximate surface area is 104 Å². The molecule has 0 unspecified atom stereocenters. The molecule has 0 aromatic heterocycles. The maximum atomic E-state index is 12.5. The number of alkyl halides is 3. The number of terminal acetylenes is 1. The molecule has 0 fully saturated rings. The first-order valence-electron chi connectivity index (χ1n) is 5.23. The molecule has 0 aliphatic heterocycles. The maximum Gasteiger partial charge on any atom is 0.416 e. The van der Waals surface area contributed by atoms with Gasteiger partial charge in [0.2, 0.25) is 0 Å². The molecule has 1 rings (SSSR count). The van der Waals surface area contributed by atoms with Gasteiger partial charge >= 0.3 is 6.18 Å². The number of hydrogen-bond donors (Lipinski definition) is 0. The first kappa shape index (κ1) is 13.9. The summed E-state index contributed by atoms with van der Waals surface area (Å²) in [5.41, 5.74) is -0.438. The number of halogens is 3. The van der Waals surface area contributed by atoms with Crippen molar-refractivity contribution >= 4 is 5.69 Å². The summed E-state index contributed by atoms with van der Waals surface area (Å²) in [6, 6.07) is 4.85. The monoisotopic (exact) mass is 252 g/mol. The fourth-order valence-corrected chi connectivity index (χ4v) is 1.56. The average molecular weight is 252 g/mol. The molecule has 0 amide bonds. The lowest BCUT2D eigenvalue weighted by atomic mass is 10.1. The SMILES string of the molecule is C#CCN(CC)c1ccc(C(F)(F)F)cc1C#N. The molecule has 0 N–H and O–H groups in total. The molecular weight excluding hydrogens is 241 g/mol. The number of nitriles is 1. The van der Waals surface area contributed by atoms with Crippen LogP contribution in [0.5, 0.6) is 0 Å². The van der Waals surface area contributed by atoms with Crippen LogP contribution in [0.4, 0.5) is 18.9 Å². The molecule has 0 atom stereocenters. The van der Waals surface area contributed by atoms with Crippen molar-refractivity contribution in [2.75, 3.05) is 18.0 Å². The van der Waals surface area contributed by atoms with Crippen molar-refractivity contribution in [2.24, 2.45) is 0 Å². The zero-order valence-corrected chi connectivity index (χ0v) is 9.75. The van der Waals surface area contributed by atoms with Crippen LogP contribution in [0.25, 0.3) is 0 Å². The Morgan fingerprint density at radius 2 is 2.06 bits per heavy atom. The van der Waals surface area contributed by atoms with E-state index in [1.54, 1.807) is 11.0 Å². The van der Waals surface area contributed by atoms with Gasteiger partial charge < -0.3 is 4.90 Å². The van der Waals surface area contributed by atoms with Crippen LogP contribution in [0.15, 0.2) is 18.2 Å². The van der Waals surface area contributed by atoms with Gasteiger partial charge in [-0.25, -0.2) is 0 Å². The van der Waals surface area contributed by atoms with Gasteiger partial charge in [-0.2, -0.15) is 18.4 Å². The smallest absolute Gasteiger partial charge is 0.360 e. The molecule has 0 heterocycles. The van der Waals surface area contributed by atoms with E-state index in [1.165, 1.54) is 6.07 Å². The van der Waals surface area contributed by atoms with Crippen LogP contribution in [0.2, 0.25) is 0 Å². The molecule has 94 valence electrons. The highest BCUT2D eigenvalue weighted by molar-refractivity contribution is 5.61. The van der Waals surface area contributed by atoms with Crippen LogP contribution in [0.3, 0.4) is 0 Å². The first-order chi connectivity index (χ1) is 8.43. The summed E-state index contributed by atoms with van der Waals surface area (Å²) in [7, 11) is 0. The van der Waals surface area contributed by atoms with Gasteiger partial charge in [-0.15, -0.1) is 6.42 Å². The maximum absolute atomic E-state index is 12.5. The van der Waals surface area contributed by atoms with E-state index in [1.807, 2.05) is 6.92 Å². The minimum atomic E-state index is -4.45. The zero-order chi connectivity index (χ0) is 13.8. The lowest BCUT2D eigenvalue weighted by Crippen LogP contribution is -2.24. The summed E-state index contributed by atoms with van der Waals surface area (Å²) in [5.74, 6) is 2.41. The van der Waals surface area contributed by atoms with Crippen LogP contribution in [-0.2, 0) is 6.18 Å². The summed E-state index contributed by atoms with van der Waals surface area (Å²) < 4.78 is 37.5. The van der Waals surface area contributed by atoms with Gasteiger partial charge in [0.25, 0.3) is 0 Å². The normalized spacial score (nSPS) is 10.6. The van der Waals surface area contributed by atoms with Gasteiger partial charge in [-0.1, -0.05) is 5.92 Å². The molecule has 0 aliphatic carbocycles. The Hall–Kier alpha value is -2.14. The van der Waals surface area contributed by atoms with Crippen molar-refractivity contribution in [1.82, 2.24) is 0 Å². The Morgan fingerprint density at radius 3 is 2.50 bits per heavy atom. The van der Waals surface area contributed by atoms with Crippen molar-refractivity contribution in [3.05, 3.63) is 29.3 Å². The zero-order valence-electron chi connectivity index (χ0n) is 9.75. The third-order valence-electron chi connectivity index (χ3n) is 2.45. The molecule has 0 radical (unpaired) electrons. The summed E-state index contributed by atoms with van der Waals surface area (Å²) in [5, 5.41) is 8.93.